The van der Waals surface area contributed by atoms with E-state index in [-0.39, 0.29) is 11.3 Å². The molecule has 6 nitrogen and oxygen atoms in total. The zero-order valence-corrected chi connectivity index (χ0v) is 18.0. The molecule has 1 aliphatic carbocycles. The van der Waals surface area contributed by atoms with E-state index >= 15 is 0 Å². The molecule has 1 saturated carbocycles. The molecule has 2 aliphatic rings. The van der Waals surface area contributed by atoms with Crippen LogP contribution < -0.4 is 5.32 Å². The third kappa shape index (κ3) is 4.01. The molecule has 31 heavy (non-hydrogen) atoms. The highest BCUT2D eigenvalue weighted by Crippen LogP contribution is 2.34. The highest BCUT2D eigenvalue weighted by atomic mass is 32.2. The van der Waals surface area contributed by atoms with Crippen molar-refractivity contribution in [2.24, 2.45) is 0 Å². The van der Waals surface area contributed by atoms with Gasteiger partial charge in [-0.1, -0.05) is 12.1 Å². The van der Waals surface area contributed by atoms with E-state index in [4.69, 9.17) is 0 Å². The molecule has 1 N–H and O–H groups in total. The van der Waals surface area contributed by atoms with Crippen molar-refractivity contribution >= 4 is 26.5 Å². The summed E-state index contributed by atoms with van der Waals surface area (Å²) in [7, 11) is -3.10. The van der Waals surface area contributed by atoms with E-state index in [0.29, 0.717) is 18.7 Å². The molecule has 1 aliphatic heterocycles. The zero-order chi connectivity index (χ0) is 21.4. The lowest BCUT2D eigenvalue weighted by molar-refractivity contribution is 0.329. The van der Waals surface area contributed by atoms with Gasteiger partial charge in [0.05, 0.1) is 16.9 Å². The molecular weight excluding hydrogens is 408 g/mol. The lowest BCUT2D eigenvalue weighted by Gasteiger charge is -2.32. The molecule has 3 aromatic rings. The van der Waals surface area contributed by atoms with E-state index < -0.39 is 10.0 Å². The summed E-state index contributed by atoms with van der Waals surface area (Å²) in [6, 6.07) is 16.2. The number of hydrogen-bond donors (Lipinski definition) is 1. The van der Waals surface area contributed by atoms with Crippen LogP contribution in [0.2, 0.25) is 0 Å². The van der Waals surface area contributed by atoms with Gasteiger partial charge in [0.1, 0.15) is 0 Å². The van der Waals surface area contributed by atoms with Gasteiger partial charge in [0, 0.05) is 42.6 Å². The first kappa shape index (κ1) is 20.0. The van der Waals surface area contributed by atoms with Gasteiger partial charge in [-0.05, 0) is 72.5 Å². The van der Waals surface area contributed by atoms with Crippen LogP contribution in [0.25, 0.3) is 21.9 Å². The molecule has 2 aromatic carbocycles. The lowest BCUT2D eigenvalue weighted by atomic mass is 9.98. The second-order valence-electron chi connectivity index (χ2n) is 8.38. The minimum Gasteiger partial charge on any atom is -0.382 e. The SMILES string of the molecule is N#Cc1cccc(-c2cc(NC3CCN(S(=O)(=O)C4CC4)CC3)c3cnccc3c2)c1. The van der Waals surface area contributed by atoms with Gasteiger partial charge in [-0.3, -0.25) is 4.98 Å². The molecule has 5 rings (SSSR count). The molecule has 0 unspecified atom stereocenters. The molecule has 1 aromatic heterocycles. The third-order valence-electron chi connectivity index (χ3n) is 6.20. The van der Waals surface area contributed by atoms with Crippen molar-refractivity contribution in [2.75, 3.05) is 18.4 Å². The van der Waals surface area contributed by atoms with Crippen LogP contribution in [0.15, 0.2) is 54.9 Å². The molecule has 158 valence electrons. The number of piperidine rings is 1. The van der Waals surface area contributed by atoms with Crippen LogP contribution in [0.1, 0.15) is 31.2 Å². The maximum Gasteiger partial charge on any atom is 0.216 e. The maximum atomic E-state index is 12.5. The number of pyridine rings is 1. The predicted molar refractivity (Wildman–Crippen MR) is 122 cm³/mol. The minimum absolute atomic E-state index is 0.145. The van der Waals surface area contributed by atoms with E-state index in [1.807, 2.05) is 30.5 Å². The molecule has 2 fully saturated rings. The second kappa shape index (κ2) is 7.95. The van der Waals surface area contributed by atoms with Gasteiger partial charge in [0.15, 0.2) is 0 Å². The number of nitriles is 1. The number of nitrogens with one attached hydrogen (secondary N) is 1. The lowest BCUT2D eigenvalue weighted by Crippen LogP contribution is -2.43. The largest absolute Gasteiger partial charge is 0.382 e. The molecule has 2 heterocycles. The van der Waals surface area contributed by atoms with Crippen molar-refractivity contribution in [3.05, 3.63) is 60.4 Å². The Bertz CT molecular complexity index is 1270. The molecule has 0 radical (unpaired) electrons. The molecule has 0 atom stereocenters. The highest BCUT2D eigenvalue weighted by Gasteiger charge is 2.41. The van der Waals surface area contributed by atoms with Crippen molar-refractivity contribution in [1.29, 1.82) is 5.26 Å². The van der Waals surface area contributed by atoms with Crippen LogP contribution in [0.5, 0.6) is 0 Å². The molecular formula is C24H24N4O2S. The Balaban J connectivity index is 1.41. The van der Waals surface area contributed by atoms with Crippen LogP contribution in [0.4, 0.5) is 5.69 Å². The first-order valence-electron chi connectivity index (χ1n) is 10.7. The fourth-order valence-corrected chi connectivity index (χ4v) is 6.18. The third-order valence-corrected chi connectivity index (χ3v) is 8.60. The fourth-order valence-electron chi connectivity index (χ4n) is 4.30. The zero-order valence-electron chi connectivity index (χ0n) is 17.2. The van der Waals surface area contributed by atoms with E-state index in [2.05, 4.69) is 28.5 Å². The van der Waals surface area contributed by atoms with Crippen molar-refractivity contribution < 1.29 is 8.42 Å². The molecule has 7 heteroatoms. The van der Waals surface area contributed by atoms with E-state index in [1.54, 1.807) is 16.6 Å². The monoisotopic (exact) mass is 432 g/mol. The number of nitrogens with zero attached hydrogens (tertiary/aromatic N) is 3. The van der Waals surface area contributed by atoms with Gasteiger partial charge < -0.3 is 5.32 Å². The molecule has 0 spiro atoms. The van der Waals surface area contributed by atoms with Gasteiger partial charge in [-0.15, -0.1) is 0 Å². The summed E-state index contributed by atoms with van der Waals surface area (Å²) in [6.07, 6.45) is 6.81. The number of sulfonamides is 1. The molecule has 1 saturated heterocycles. The van der Waals surface area contributed by atoms with Crippen LogP contribution in [0, 0.1) is 11.3 Å². The first-order chi connectivity index (χ1) is 15.0. The Morgan fingerprint density at radius 2 is 1.84 bits per heavy atom. The van der Waals surface area contributed by atoms with Crippen molar-refractivity contribution in [3.8, 4) is 17.2 Å². The van der Waals surface area contributed by atoms with Crippen LogP contribution in [-0.4, -0.2) is 42.1 Å². The van der Waals surface area contributed by atoms with Gasteiger partial charge in [-0.25, -0.2) is 12.7 Å². The van der Waals surface area contributed by atoms with Crippen molar-refractivity contribution in [3.63, 3.8) is 0 Å². The summed E-state index contributed by atoms with van der Waals surface area (Å²) in [6.45, 7) is 1.13. The van der Waals surface area contributed by atoms with E-state index in [1.165, 1.54) is 0 Å². The quantitative estimate of drug-likeness (QED) is 0.655. The van der Waals surface area contributed by atoms with E-state index in [0.717, 1.165) is 53.3 Å². The Morgan fingerprint density at radius 1 is 1.03 bits per heavy atom. The summed E-state index contributed by atoms with van der Waals surface area (Å²) in [5.74, 6) is 0. The van der Waals surface area contributed by atoms with E-state index in [9.17, 15) is 13.7 Å². The minimum atomic E-state index is -3.10. The normalized spacial score (nSPS) is 18.0. The smallest absolute Gasteiger partial charge is 0.216 e. The van der Waals surface area contributed by atoms with Gasteiger partial charge in [-0.2, -0.15) is 5.26 Å². The number of rotatable bonds is 5. The predicted octanol–water partition coefficient (Wildman–Crippen LogP) is 4.14. The number of fused-ring (bicyclic) bond motifs is 1. The highest BCUT2D eigenvalue weighted by molar-refractivity contribution is 7.90. The Hall–Kier alpha value is -2.95. The average molecular weight is 433 g/mol. The first-order valence-corrected chi connectivity index (χ1v) is 12.2. The number of anilines is 1. The van der Waals surface area contributed by atoms with Crippen LogP contribution >= 0.6 is 0 Å². The van der Waals surface area contributed by atoms with Gasteiger partial charge >= 0.3 is 0 Å². The number of hydrogen-bond acceptors (Lipinski definition) is 5. The number of benzene rings is 2. The Kier molecular flexibility index (Phi) is 5.12. The molecule has 0 amide bonds. The fraction of sp³-hybridized carbons (Fsp3) is 0.333. The van der Waals surface area contributed by atoms with Crippen molar-refractivity contribution in [2.45, 2.75) is 37.0 Å². The molecule has 0 bridgehead atoms. The summed E-state index contributed by atoms with van der Waals surface area (Å²) >= 11 is 0. The van der Waals surface area contributed by atoms with Gasteiger partial charge in [0.2, 0.25) is 10.0 Å². The Morgan fingerprint density at radius 3 is 2.58 bits per heavy atom. The summed E-state index contributed by atoms with van der Waals surface area (Å²) in [5, 5.41) is 14.9. The number of aromatic nitrogens is 1. The summed E-state index contributed by atoms with van der Waals surface area (Å²) in [4.78, 5) is 4.30. The van der Waals surface area contributed by atoms with Crippen LogP contribution in [-0.2, 0) is 10.0 Å². The second-order valence-corrected chi connectivity index (χ2v) is 10.6. The maximum absolute atomic E-state index is 12.5. The topological polar surface area (TPSA) is 86.1 Å². The average Bonchev–Trinajstić information content (AvgIpc) is 3.66. The van der Waals surface area contributed by atoms with Gasteiger partial charge in [0.25, 0.3) is 0 Å². The Labute approximate surface area is 182 Å². The van der Waals surface area contributed by atoms with Crippen LogP contribution in [0.3, 0.4) is 0 Å². The standard InChI is InChI=1S/C24H24N4O2S/c25-15-17-2-1-3-18(12-17)20-13-19-6-9-26-16-23(19)24(14-20)27-21-7-10-28(11-8-21)31(29,30)22-4-5-22/h1-3,6,9,12-14,16,21-22,27H,4-5,7-8,10-11H2. The summed E-state index contributed by atoms with van der Waals surface area (Å²) in [5.41, 5.74) is 3.65. The van der Waals surface area contributed by atoms with Crippen molar-refractivity contribution in [1.82, 2.24) is 9.29 Å². The summed E-state index contributed by atoms with van der Waals surface area (Å²) < 4.78 is 26.7.